The van der Waals surface area contributed by atoms with Crippen LogP contribution in [0.2, 0.25) is 5.02 Å². The standard InChI is InChI=1S/C19H18ClN5O4/c1-11(18(27)28)29-16(17(26)21-19-22-24-25-23-19)9-12-5-7-13(8-6-12)14-3-2-4-15(20)10-14/h2-8,10-11,16H,9H2,1H3,(H,27,28)(H2,21,22,23,24,25,26). The first-order chi connectivity index (χ1) is 13.9. The van der Waals surface area contributed by atoms with Crippen molar-refractivity contribution in [1.82, 2.24) is 20.6 Å². The van der Waals surface area contributed by atoms with Gasteiger partial charge < -0.3 is 9.84 Å². The van der Waals surface area contributed by atoms with Gasteiger partial charge in [0.25, 0.3) is 11.9 Å². The molecule has 0 aliphatic heterocycles. The Balaban J connectivity index is 1.75. The van der Waals surface area contributed by atoms with E-state index in [9.17, 15) is 9.59 Å². The van der Waals surface area contributed by atoms with E-state index in [0.717, 1.165) is 16.7 Å². The van der Waals surface area contributed by atoms with Gasteiger partial charge in [0.15, 0.2) is 6.10 Å². The quantitative estimate of drug-likeness (QED) is 0.515. The number of rotatable bonds is 8. The molecule has 0 aliphatic rings. The third kappa shape index (κ3) is 5.59. The van der Waals surface area contributed by atoms with E-state index in [2.05, 4.69) is 25.9 Å². The predicted octanol–water partition coefficient (Wildman–Crippen LogP) is 2.56. The van der Waals surface area contributed by atoms with Crippen molar-refractivity contribution in [2.24, 2.45) is 0 Å². The maximum atomic E-state index is 12.5. The van der Waals surface area contributed by atoms with Gasteiger partial charge in [-0.25, -0.2) is 4.79 Å². The number of aliphatic carboxylic acids is 1. The van der Waals surface area contributed by atoms with E-state index >= 15 is 0 Å². The first-order valence-corrected chi connectivity index (χ1v) is 9.07. The van der Waals surface area contributed by atoms with Gasteiger partial charge in [-0.2, -0.15) is 5.21 Å². The Morgan fingerprint density at radius 2 is 1.97 bits per heavy atom. The highest BCUT2D eigenvalue weighted by Gasteiger charge is 2.26. The summed E-state index contributed by atoms with van der Waals surface area (Å²) in [6.07, 6.45) is -2.06. The van der Waals surface area contributed by atoms with Crippen molar-refractivity contribution in [2.75, 3.05) is 5.32 Å². The fourth-order valence-corrected chi connectivity index (χ4v) is 2.82. The summed E-state index contributed by atoms with van der Waals surface area (Å²) in [5, 5.41) is 25.1. The Morgan fingerprint density at radius 1 is 1.21 bits per heavy atom. The molecule has 0 aliphatic carbocycles. The average Bonchev–Trinajstić information content (AvgIpc) is 3.21. The van der Waals surface area contributed by atoms with Crippen molar-refractivity contribution in [3.8, 4) is 11.1 Å². The van der Waals surface area contributed by atoms with E-state index in [1.807, 2.05) is 42.5 Å². The SMILES string of the molecule is CC(OC(Cc1ccc(-c2cccc(Cl)c2)cc1)C(=O)Nc1nn[nH]n1)C(=O)O. The second kappa shape index (κ2) is 9.26. The van der Waals surface area contributed by atoms with E-state index in [-0.39, 0.29) is 12.4 Å². The van der Waals surface area contributed by atoms with Crippen LogP contribution in [-0.4, -0.2) is 49.8 Å². The molecule has 0 saturated heterocycles. The molecule has 29 heavy (non-hydrogen) atoms. The van der Waals surface area contributed by atoms with Gasteiger partial charge in [-0.3, -0.25) is 10.1 Å². The molecule has 0 fully saturated rings. The zero-order valence-corrected chi connectivity index (χ0v) is 16.1. The van der Waals surface area contributed by atoms with Crippen molar-refractivity contribution in [2.45, 2.75) is 25.6 Å². The summed E-state index contributed by atoms with van der Waals surface area (Å²) in [6.45, 7) is 1.36. The Kier molecular flexibility index (Phi) is 6.53. The second-order valence-electron chi connectivity index (χ2n) is 6.24. The number of hydrogen-bond donors (Lipinski definition) is 3. The van der Waals surface area contributed by atoms with Gasteiger partial charge in [-0.05, 0) is 41.0 Å². The molecule has 3 N–H and O–H groups in total. The number of tetrazole rings is 1. The molecular formula is C19H18ClN5O4. The van der Waals surface area contributed by atoms with Gasteiger partial charge in [0.1, 0.15) is 6.10 Å². The average molecular weight is 416 g/mol. The first kappa shape index (κ1) is 20.4. The molecule has 150 valence electrons. The number of aromatic nitrogens is 4. The molecule has 2 unspecified atom stereocenters. The third-order valence-electron chi connectivity index (χ3n) is 4.12. The molecule has 0 radical (unpaired) electrons. The maximum absolute atomic E-state index is 12.5. The summed E-state index contributed by atoms with van der Waals surface area (Å²) in [4.78, 5) is 23.7. The van der Waals surface area contributed by atoms with Gasteiger partial charge in [-0.1, -0.05) is 53.1 Å². The minimum atomic E-state index is -1.17. The smallest absolute Gasteiger partial charge is 0.332 e. The van der Waals surface area contributed by atoms with Crippen molar-refractivity contribution < 1.29 is 19.4 Å². The molecule has 1 aromatic heterocycles. The van der Waals surface area contributed by atoms with Crippen LogP contribution in [0, 0.1) is 0 Å². The van der Waals surface area contributed by atoms with E-state index in [1.54, 1.807) is 6.07 Å². The molecular weight excluding hydrogens is 398 g/mol. The van der Waals surface area contributed by atoms with E-state index < -0.39 is 24.1 Å². The summed E-state index contributed by atoms with van der Waals surface area (Å²) in [5.74, 6) is -1.76. The number of anilines is 1. The Bertz CT molecular complexity index is 979. The van der Waals surface area contributed by atoms with Crippen LogP contribution in [0.4, 0.5) is 5.95 Å². The fourth-order valence-electron chi connectivity index (χ4n) is 2.63. The topological polar surface area (TPSA) is 130 Å². The lowest BCUT2D eigenvalue weighted by atomic mass is 10.0. The van der Waals surface area contributed by atoms with Crippen molar-refractivity contribution in [3.63, 3.8) is 0 Å². The summed E-state index contributed by atoms with van der Waals surface area (Å²) in [6, 6.07) is 15.0. The van der Waals surface area contributed by atoms with E-state index in [1.165, 1.54) is 6.92 Å². The van der Waals surface area contributed by atoms with Crippen LogP contribution in [0.25, 0.3) is 11.1 Å². The normalized spacial score (nSPS) is 12.9. The third-order valence-corrected chi connectivity index (χ3v) is 4.36. The number of benzene rings is 2. The number of hydrogen-bond acceptors (Lipinski definition) is 6. The van der Waals surface area contributed by atoms with Gasteiger partial charge in [0.05, 0.1) is 0 Å². The highest BCUT2D eigenvalue weighted by Crippen LogP contribution is 2.23. The van der Waals surface area contributed by atoms with Crippen LogP contribution in [0.5, 0.6) is 0 Å². The zero-order chi connectivity index (χ0) is 20.8. The number of amides is 1. The van der Waals surface area contributed by atoms with Crippen LogP contribution in [0.1, 0.15) is 12.5 Å². The molecule has 0 saturated carbocycles. The highest BCUT2D eigenvalue weighted by atomic mass is 35.5. The number of carboxylic acid groups (broad SMARTS) is 1. The number of carboxylic acids is 1. The Hall–Kier alpha value is -3.30. The zero-order valence-electron chi connectivity index (χ0n) is 15.4. The molecule has 3 aromatic rings. The molecule has 1 amide bonds. The maximum Gasteiger partial charge on any atom is 0.332 e. The largest absolute Gasteiger partial charge is 0.479 e. The number of nitrogens with zero attached hydrogens (tertiary/aromatic N) is 3. The molecule has 3 rings (SSSR count). The molecule has 0 bridgehead atoms. The fraction of sp³-hybridized carbons (Fsp3) is 0.211. The van der Waals surface area contributed by atoms with Gasteiger partial charge in [-0.15, -0.1) is 5.10 Å². The second-order valence-corrected chi connectivity index (χ2v) is 6.68. The Labute approximate surface area is 171 Å². The van der Waals surface area contributed by atoms with E-state index in [4.69, 9.17) is 21.4 Å². The van der Waals surface area contributed by atoms with Crippen LogP contribution < -0.4 is 5.32 Å². The number of ether oxygens (including phenoxy) is 1. The number of H-pyrrole nitrogens is 1. The predicted molar refractivity (Wildman–Crippen MR) is 105 cm³/mol. The van der Waals surface area contributed by atoms with Crippen molar-refractivity contribution in [1.29, 1.82) is 0 Å². The lowest BCUT2D eigenvalue weighted by Gasteiger charge is -2.19. The summed E-state index contributed by atoms with van der Waals surface area (Å²) < 4.78 is 5.44. The molecule has 2 aromatic carbocycles. The molecule has 9 nitrogen and oxygen atoms in total. The molecule has 1 heterocycles. The molecule has 10 heteroatoms. The van der Waals surface area contributed by atoms with Crippen LogP contribution in [0.3, 0.4) is 0 Å². The van der Waals surface area contributed by atoms with E-state index in [0.29, 0.717) is 5.02 Å². The monoisotopic (exact) mass is 415 g/mol. The molecule has 2 atom stereocenters. The highest BCUT2D eigenvalue weighted by molar-refractivity contribution is 6.30. The Morgan fingerprint density at radius 3 is 2.59 bits per heavy atom. The van der Waals surface area contributed by atoms with Crippen LogP contribution >= 0.6 is 11.6 Å². The lowest BCUT2D eigenvalue weighted by molar-refractivity contribution is -0.155. The van der Waals surface area contributed by atoms with Crippen molar-refractivity contribution in [3.05, 3.63) is 59.1 Å². The minimum Gasteiger partial charge on any atom is -0.479 e. The minimum absolute atomic E-state index is 0.0251. The number of nitrogens with one attached hydrogen (secondary N) is 2. The first-order valence-electron chi connectivity index (χ1n) is 8.70. The van der Waals surface area contributed by atoms with Gasteiger partial charge in [0.2, 0.25) is 0 Å². The number of halogens is 1. The molecule has 0 spiro atoms. The summed E-state index contributed by atoms with van der Waals surface area (Å²) in [5.41, 5.74) is 2.72. The van der Waals surface area contributed by atoms with Crippen LogP contribution in [-0.2, 0) is 20.7 Å². The van der Waals surface area contributed by atoms with Crippen molar-refractivity contribution >= 4 is 29.4 Å². The summed E-state index contributed by atoms with van der Waals surface area (Å²) >= 11 is 6.04. The van der Waals surface area contributed by atoms with Crippen LogP contribution in [0.15, 0.2) is 48.5 Å². The summed E-state index contributed by atoms with van der Waals surface area (Å²) in [7, 11) is 0. The van der Waals surface area contributed by atoms with Gasteiger partial charge in [0, 0.05) is 11.4 Å². The number of aromatic amines is 1. The number of carbonyl (C=O) groups excluding carboxylic acids is 1. The number of carbonyl (C=O) groups is 2. The van der Waals surface area contributed by atoms with Gasteiger partial charge >= 0.3 is 5.97 Å². The lowest BCUT2D eigenvalue weighted by Crippen LogP contribution is -2.37.